The number of aliphatic hydroxyl groups is 2. The molecule has 1 atom stereocenters. The van der Waals surface area contributed by atoms with Gasteiger partial charge in [-0.25, -0.2) is 14.8 Å². The van der Waals surface area contributed by atoms with Crippen molar-refractivity contribution in [3.05, 3.63) is 0 Å². The number of aliphatic imine (C=N–C) groups is 2. The molecule has 0 saturated heterocycles. The molecule has 1 unspecified atom stereocenters. The predicted molar refractivity (Wildman–Crippen MR) is 186 cm³/mol. The molecule has 0 spiro atoms. The van der Waals surface area contributed by atoms with Crippen molar-refractivity contribution in [1.82, 2.24) is 10.6 Å². The summed E-state index contributed by atoms with van der Waals surface area (Å²) in [5.74, 6) is 3.97. The van der Waals surface area contributed by atoms with E-state index in [2.05, 4.69) is 20.6 Å². The van der Waals surface area contributed by atoms with Gasteiger partial charge in [-0.3, -0.25) is 4.79 Å². The Morgan fingerprint density at radius 1 is 0.825 bits per heavy atom. The quantitative estimate of drug-likeness (QED) is 0.0170. The number of nitrogens with zero attached hydrogens (tertiary/aromatic N) is 2. The van der Waals surface area contributed by atoms with Gasteiger partial charge in [-0.05, 0) is 0 Å². The van der Waals surface area contributed by atoms with Gasteiger partial charge in [0.25, 0.3) is 5.24 Å². The van der Waals surface area contributed by atoms with Crippen molar-refractivity contribution >= 4 is 140 Å². The highest BCUT2D eigenvalue weighted by Gasteiger charge is 2.05. The van der Waals surface area contributed by atoms with Crippen LogP contribution in [0.15, 0.2) is 9.98 Å². The molecule has 0 rings (SSSR count). The Balaban J connectivity index is 3.43. The number of rotatable bonds is 28. The van der Waals surface area contributed by atoms with Crippen LogP contribution in [0.4, 0.5) is 9.59 Å². The van der Waals surface area contributed by atoms with Gasteiger partial charge in [0.2, 0.25) is 11.9 Å². The van der Waals surface area contributed by atoms with E-state index >= 15 is 0 Å². The number of thioether (sulfide) groups is 9. The van der Waals surface area contributed by atoms with Gasteiger partial charge in [0.15, 0.2) is 5.08 Å². The van der Waals surface area contributed by atoms with E-state index in [4.69, 9.17) is 24.7 Å². The van der Waals surface area contributed by atoms with Crippen molar-refractivity contribution < 1.29 is 38.9 Å². The summed E-state index contributed by atoms with van der Waals surface area (Å²) >= 11 is 11.7. The highest BCUT2D eigenvalue weighted by molar-refractivity contribution is 8.24. The minimum atomic E-state index is -1.16. The van der Waals surface area contributed by atoms with Crippen molar-refractivity contribution in [2.45, 2.75) is 0 Å². The molecule has 0 aliphatic rings. The Labute approximate surface area is 276 Å². The molecule has 2 amide bonds. The summed E-state index contributed by atoms with van der Waals surface area (Å²) in [4.78, 5) is 40.9. The van der Waals surface area contributed by atoms with Gasteiger partial charge in [-0.1, -0.05) is 11.8 Å². The van der Waals surface area contributed by atoms with E-state index in [-0.39, 0.29) is 23.1 Å². The maximum absolute atomic E-state index is 11.9. The van der Waals surface area contributed by atoms with Crippen LogP contribution in [-0.2, 0) is 25.7 Å². The summed E-state index contributed by atoms with van der Waals surface area (Å²) in [6, 6.07) is 0. The molecule has 0 aliphatic carbocycles. The van der Waals surface area contributed by atoms with E-state index in [1.807, 2.05) is 0 Å². The van der Waals surface area contributed by atoms with Gasteiger partial charge in [0.1, 0.15) is 11.9 Å². The van der Waals surface area contributed by atoms with Crippen molar-refractivity contribution in [1.29, 1.82) is 0 Å². The first-order valence-corrected chi connectivity index (χ1v) is 22.5. The fraction of sp³-hybridized carbons (Fsp3) is 0.778. The summed E-state index contributed by atoms with van der Waals surface area (Å²) < 4.78 is 16.9. The Hall–Kier alpha value is 1.22. The normalized spacial score (nSPS) is 12.2. The second-order valence-corrected chi connectivity index (χ2v) is 17.5. The topological polar surface area (TPSA) is 174 Å². The van der Waals surface area contributed by atoms with Gasteiger partial charge in [0.05, 0.1) is 35.4 Å². The predicted octanol–water partition coefficient (Wildman–Crippen LogP) is 4.25. The number of carbonyl (C=O) groups is 2. The highest BCUT2D eigenvalue weighted by atomic mass is 32.3. The zero-order valence-corrected chi connectivity index (χ0v) is 29.5. The molecule has 0 heterocycles. The van der Waals surface area contributed by atoms with E-state index in [1.165, 1.54) is 94.3 Å². The number of hydrogen-bond acceptors (Lipinski definition) is 19. The molecular formula is C18H34N4O8S10. The molecule has 0 fully saturated rings. The van der Waals surface area contributed by atoms with Crippen molar-refractivity contribution in [3.8, 4) is 0 Å². The largest absolute Gasteiger partial charge is 0.610 e. The zero-order chi connectivity index (χ0) is 29.4. The summed E-state index contributed by atoms with van der Waals surface area (Å²) in [6.45, 7) is 0. The summed E-state index contributed by atoms with van der Waals surface area (Å²) in [5.41, 5.74) is 1.42. The molecule has 4 N–H and O–H groups in total. The number of hydrogen-bond donors (Lipinski definition) is 4. The van der Waals surface area contributed by atoms with Crippen LogP contribution >= 0.6 is 106 Å². The van der Waals surface area contributed by atoms with Crippen LogP contribution in [0.1, 0.15) is 0 Å². The fourth-order valence-electron chi connectivity index (χ4n) is 1.58. The van der Waals surface area contributed by atoms with Crippen LogP contribution in [0.5, 0.6) is 0 Å². The maximum atomic E-state index is 11.9. The molecule has 0 aromatic heterocycles. The molecule has 0 aromatic rings. The number of aliphatic hydroxyl groups excluding tert-OH is 2. The Morgan fingerprint density at radius 3 is 2.25 bits per heavy atom. The van der Waals surface area contributed by atoms with Crippen molar-refractivity contribution in [3.63, 3.8) is 0 Å². The van der Waals surface area contributed by atoms with Gasteiger partial charge >= 0.3 is 6.09 Å². The van der Waals surface area contributed by atoms with Gasteiger partial charge in [0, 0.05) is 37.9 Å². The fourth-order valence-corrected chi connectivity index (χ4v) is 9.11. The highest BCUT2D eigenvalue weighted by Crippen LogP contribution is 2.16. The van der Waals surface area contributed by atoms with Crippen molar-refractivity contribution in [2.75, 3.05) is 79.1 Å². The molecular weight excluding hydrogens is 721 g/mol. The second kappa shape index (κ2) is 34.7. The molecule has 0 aromatic carbocycles. The van der Waals surface area contributed by atoms with E-state index in [0.717, 1.165) is 16.6 Å². The van der Waals surface area contributed by atoms with Crippen molar-refractivity contribution in [2.24, 2.45) is 9.98 Å². The molecule has 0 aliphatic heterocycles. The first kappa shape index (κ1) is 41.2. The van der Waals surface area contributed by atoms with E-state index in [9.17, 15) is 14.1 Å². The number of carbonyl (C=O) groups excluding carboxylic acids is 2. The summed E-state index contributed by atoms with van der Waals surface area (Å²) in [6.07, 6.45) is 0.704. The lowest BCUT2D eigenvalue weighted by Gasteiger charge is -2.06. The lowest BCUT2D eigenvalue weighted by Crippen LogP contribution is -2.23. The second-order valence-electron chi connectivity index (χ2n) is 5.94. The first-order valence-electron chi connectivity index (χ1n) is 10.9. The number of amides is 2. The third kappa shape index (κ3) is 33.7. The maximum Gasteiger partial charge on any atom is 0.408 e. The average molecular weight is 755 g/mol. The van der Waals surface area contributed by atoms with Crippen LogP contribution in [0.25, 0.3) is 0 Å². The third-order valence-corrected chi connectivity index (χ3v) is 12.8. The molecule has 0 bridgehead atoms. The molecule has 0 radical (unpaired) electrons. The SMILES string of the molecule is O=C(NCSC/N=C\[S+]([O-])CSCCSCSC(=O)NCSC/N=C/OOCSCSCO)OCSCSCO. The van der Waals surface area contributed by atoms with Gasteiger partial charge in [-0.2, -0.15) is 4.89 Å². The Morgan fingerprint density at radius 2 is 1.50 bits per heavy atom. The number of alkyl carbamates (subject to hydrolysis) is 1. The first-order chi connectivity index (χ1) is 19.6. The van der Waals surface area contributed by atoms with Crippen LogP contribution in [0.2, 0.25) is 0 Å². The molecule has 234 valence electrons. The molecule has 40 heavy (non-hydrogen) atoms. The standard InChI is InChI=1S/C18H34N4O8S10/c23-9-35-13-37-11-28-17(25)21-6-34-5-20-8-40(27)16-32-2-1-31-15-39-18(26)22-7-33-4-19-3-29-30-12-38-14-36-10-24/h3,8,23-24H,1-2,4-7,9-16H2,(H,21,25)(H,22,26)/b19-3+,20-8-. The van der Waals surface area contributed by atoms with Crippen LogP contribution in [-0.4, -0.2) is 117 Å². The lowest BCUT2D eigenvalue weighted by molar-refractivity contribution is -0.196. The smallest absolute Gasteiger partial charge is 0.408 e. The Kier molecular flexibility index (Phi) is 35.8. The van der Waals surface area contributed by atoms with Gasteiger partial charge in [-0.15, -0.1) is 94.1 Å². The summed E-state index contributed by atoms with van der Waals surface area (Å²) in [5, 5.41) is 25.0. The molecule has 12 nitrogen and oxygen atoms in total. The van der Waals surface area contributed by atoms with E-state index in [1.54, 1.807) is 23.5 Å². The number of ether oxygens (including phenoxy) is 1. The van der Waals surface area contributed by atoms with E-state index < -0.39 is 17.3 Å². The Bertz CT molecular complexity index is 664. The number of nitrogens with one attached hydrogen (secondary N) is 2. The van der Waals surface area contributed by atoms with E-state index in [0.29, 0.717) is 44.7 Å². The third-order valence-electron chi connectivity index (χ3n) is 3.11. The van der Waals surface area contributed by atoms with Crippen LogP contribution in [0, 0.1) is 0 Å². The minimum absolute atomic E-state index is 0.0430. The van der Waals surface area contributed by atoms with Crippen LogP contribution < -0.4 is 10.6 Å². The minimum Gasteiger partial charge on any atom is -0.610 e. The van der Waals surface area contributed by atoms with Gasteiger partial charge < -0.3 is 35.0 Å². The summed E-state index contributed by atoms with van der Waals surface area (Å²) in [7, 11) is 0. The molecule has 22 heteroatoms. The van der Waals surface area contributed by atoms with Crippen LogP contribution in [0.3, 0.4) is 0 Å². The zero-order valence-electron chi connectivity index (χ0n) is 21.4. The lowest BCUT2D eigenvalue weighted by atomic mass is 11.0. The average Bonchev–Trinajstić information content (AvgIpc) is 2.94. The molecule has 0 saturated carbocycles. The monoisotopic (exact) mass is 754 g/mol.